The van der Waals surface area contributed by atoms with E-state index in [9.17, 15) is 5.11 Å². The SMILES string of the molecule is COc1ccc(O)c(C(C)NCC2(C3CC3)CC2)c1. The van der Waals surface area contributed by atoms with Crippen molar-refractivity contribution in [3.8, 4) is 11.5 Å². The van der Waals surface area contributed by atoms with Crippen LogP contribution in [0.15, 0.2) is 18.2 Å². The van der Waals surface area contributed by atoms with Gasteiger partial charge in [-0.1, -0.05) is 0 Å². The van der Waals surface area contributed by atoms with Crippen LogP contribution in [-0.2, 0) is 0 Å². The van der Waals surface area contributed by atoms with Gasteiger partial charge in [0.1, 0.15) is 11.5 Å². The molecule has 2 N–H and O–H groups in total. The van der Waals surface area contributed by atoms with Gasteiger partial charge in [-0.05, 0) is 62.1 Å². The van der Waals surface area contributed by atoms with Gasteiger partial charge in [-0.3, -0.25) is 0 Å². The molecule has 3 rings (SSSR count). The van der Waals surface area contributed by atoms with Gasteiger partial charge in [-0.2, -0.15) is 0 Å². The molecule has 104 valence electrons. The van der Waals surface area contributed by atoms with Gasteiger partial charge in [0.2, 0.25) is 0 Å². The molecule has 0 saturated heterocycles. The number of hydrogen-bond donors (Lipinski definition) is 2. The standard InChI is InChI=1S/C16H23NO2/c1-11(14-9-13(19-2)5-6-15(14)18)17-10-16(7-8-16)12-3-4-12/h5-6,9,11-12,17-18H,3-4,7-8,10H2,1-2H3. The summed E-state index contributed by atoms with van der Waals surface area (Å²) in [6.45, 7) is 3.19. The third-order valence-corrected chi connectivity index (χ3v) is 4.80. The lowest BCUT2D eigenvalue weighted by Crippen LogP contribution is -2.28. The monoisotopic (exact) mass is 261 g/mol. The van der Waals surface area contributed by atoms with Crippen molar-refractivity contribution in [2.75, 3.05) is 13.7 Å². The molecule has 1 atom stereocenters. The Morgan fingerprint density at radius 3 is 2.74 bits per heavy atom. The Kier molecular flexibility index (Phi) is 3.17. The first-order valence-corrected chi connectivity index (χ1v) is 7.25. The Labute approximate surface area is 115 Å². The number of ether oxygens (including phenoxy) is 1. The minimum absolute atomic E-state index is 0.159. The lowest BCUT2D eigenvalue weighted by molar-refractivity contribution is 0.373. The topological polar surface area (TPSA) is 41.5 Å². The summed E-state index contributed by atoms with van der Waals surface area (Å²) in [5, 5.41) is 13.6. The van der Waals surface area contributed by atoms with Crippen LogP contribution in [0.25, 0.3) is 0 Å². The van der Waals surface area contributed by atoms with Crippen molar-refractivity contribution in [2.45, 2.75) is 38.6 Å². The third kappa shape index (κ3) is 2.57. The minimum atomic E-state index is 0.159. The second-order valence-corrected chi connectivity index (χ2v) is 6.16. The summed E-state index contributed by atoms with van der Waals surface area (Å²) in [5.74, 6) is 2.10. The average molecular weight is 261 g/mol. The molecule has 0 radical (unpaired) electrons. The van der Waals surface area contributed by atoms with E-state index in [2.05, 4.69) is 12.2 Å². The van der Waals surface area contributed by atoms with E-state index in [4.69, 9.17) is 4.74 Å². The number of benzene rings is 1. The molecule has 2 aliphatic carbocycles. The molecule has 0 amide bonds. The van der Waals surface area contributed by atoms with E-state index in [1.807, 2.05) is 6.07 Å². The van der Waals surface area contributed by atoms with Gasteiger partial charge in [0, 0.05) is 18.2 Å². The Balaban J connectivity index is 1.64. The summed E-state index contributed by atoms with van der Waals surface area (Å²) in [5.41, 5.74) is 1.51. The van der Waals surface area contributed by atoms with Crippen molar-refractivity contribution >= 4 is 0 Å². The van der Waals surface area contributed by atoms with Crippen LogP contribution in [0.1, 0.15) is 44.2 Å². The highest BCUT2D eigenvalue weighted by Gasteiger charge is 2.53. The molecule has 1 aromatic carbocycles. The van der Waals surface area contributed by atoms with Crippen molar-refractivity contribution in [3.63, 3.8) is 0 Å². The van der Waals surface area contributed by atoms with Crippen LogP contribution in [0.3, 0.4) is 0 Å². The number of phenolic OH excluding ortho intramolecular Hbond substituents is 1. The minimum Gasteiger partial charge on any atom is -0.508 e. The Morgan fingerprint density at radius 2 is 2.16 bits per heavy atom. The average Bonchev–Trinajstić information content (AvgIpc) is 3.28. The van der Waals surface area contributed by atoms with Gasteiger partial charge in [-0.15, -0.1) is 0 Å². The summed E-state index contributed by atoms with van der Waals surface area (Å²) >= 11 is 0. The quantitative estimate of drug-likeness (QED) is 0.826. The highest BCUT2D eigenvalue weighted by atomic mass is 16.5. The zero-order chi connectivity index (χ0) is 13.5. The van der Waals surface area contributed by atoms with Gasteiger partial charge in [-0.25, -0.2) is 0 Å². The van der Waals surface area contributed by atoms with Crippen LogP contribution in [0.5, 0.6) is 11.5 Å². The largest absolute Gasteiger partial charge is 0.508 e. The third-order valence-electron chi connectivity index (χ3n) is 4.80. The van der Waals surface area contributed by atoms with Gasteiger partial charge < -0.3 is 15.2 Å². The summed E-state index contributed by atoms with van der Waals surface area (Å²) in [6.07, 6.45) is 5.59. The van der Waals surface area contributed by atoms with Crippen LogP contribution in [0.4, 0.5) is 0 Å². The molecule has 0 heterocycles. The molecule has 2 fully saturated rings. The second-order valence-electron chi connectivity index (χ2n) is 6.16. The number of nitrogens with one attached hydrogen (secondary N) is 1. The molecular formula is C16H23NO2. The first-order chi connectivity index (χ1) is 9.14. The molecular weight excluding hydrogens is 238 g/mol. The van der Waals surface area contributed by atoms with E-state index in [1.54, 1.807) is 19.2 Å². The molecule has 1 aromatic rings. The molecule has 3 heteroatoms. The van der Waals surface area contributed by atoms with Gasteiger partial charge in [0.05, 0.1) is 7.11 Å². The van der Waals surface area contributed by atoms with Crippen molar-refractivity contribution in [1.29, 1.82) is 0 Å². The highest BCUT2D eigenvalue weighted by Crippen LogP contribution is 2.61. The van der Waals surface area contributed by atoms with Crippen molar-refractivity contribution in [1.82, 2.24) is 5.32 Å². The Morgan fingerprint density at radius 1 is 1.42 bits per heavy atom. The summed E-state index contributed by atoms with van der Waals surface area (Å²) in [4.78, 5) is 0. The predicted octanol–water partition coefficient (Wildman–Crippen LogP) is 3.24. The normalized spacial score (nSPS) is 22.0. The van der Waals surface area contributed by atoms with Crippen molar-refractivity contribution < 1.29 is 9.84 Å². The molecule has 3 nitrogen and oxygen atoms in total. The van der Waals surface area contributed by atoms with Gasteiger partial charge in [0.25, 0.3) is 0 Å². The first kappa shape index (κ1) is 12.8. The lowest BCUT2D eigenvalue weighted by Gasteiger charge is -2.21. The molecule has 19 heavy (non-hydrogen) atoms. The molecule has 0 aliphatic heterocycles. The predicted molar refractivity (Wildman–Crippen MR) is 75.5 cm³/mol. The van der Waals surface area contributed by atoms with Crippen LogP contribution >= 0.6 is 0 Å². The number of aromatic hydroxyl groups is 1. The number of methoxy groups -OCH3 is 1. The fourth-order valence-electron chi connectivity index (χ4n) is 3.06. The lowest BCUT2D eigenvalue weighted by atomic mass is 9.99. The van der Waals surface area contributed by atoms with Crippen molar-refractivity contribution in [3.05, 3.63) is 23.8 Å². The number of phenols is 1. The first-order valence-electron chi connectivity index (χ1n) is 7.25. The fourth-order valence-corrected chi connectivity index (χ4v) is 3.06. The van der Waals surface area contributed by atoms with Crippen LogP contribution in [0.2, 0.25) is 0 Å². The highest BCUT2D eigenvalue weighted by molar-refractivity contribution is 5.41. The molecule has 1 unspecified atom stereocenters. The molecule has 2 aliphatic rings. The summed E-state index contributed by atoms with van der Waals surface area (Å²) in [6, 6.07) is 5.58. The zero-order valence-corrected chi connectivity index (χ0v) is 11.8. The molecule has 0 spiro atoms. The Bertz CT molecular complexity index is 464. The maximum Gasteiger partial charge on any atom is 0.120 e. The molecule has 2 saturated carbocycles. The zero-order valence-electron chi connectivity index (χ0n) is 11.8. The second kappa shape index (κ2) is 4.71. The molecule has 0 bridgehead atoms. The van der Waals surface area contributed by atoms with Gasteiger partial charge in [0.15, 0.2) is 0 Å². The molecule has 0 aromatic heterocycles. The Hall–Kier alpha value is -1.22. The smallest absolute Gasteiger partial charge is 0.120 e. The van der Waals surface area contributed by atoms with Crippen LogP contribution in [-0.4, -0.2) is 18.8 Å². The number of rotatable bonds is 6. The van der Waals surface area contributed by atoms with Crippen LogP contribution < -0.4 is 10.1 Å². The van der Waals surface area contributed by atoms with E-state index in [-0.39, 0.29) is 6.04 Å². The maximum atomic E-state index is 9.97. The van der Waals surface area contributed by atoms with Crippen LogP contribution in [0, 0.1) is 11.3 Å². The maximum absolute atomic E-state index is 9.97. The summed E-state index contributed by atoms with van der Waals surface area (Å²) < 4.78 is 5.23. The van der Waals surface area contributed by atoms with Crippen molar-refractivity contribution in [2.24, 2.45) is 11.3 Å². The number of hydrogen-bond acceptors (Lipinski definition) is 3. The van der Waals surface area contributed by atoms with E-state index >= 15 is 0 Å². The fraction of sp³-hybridized carbons (Fsp3) is 0.625. The van der Waals surface area contributed by atoms with E-state index < -0.39 is 0 Å². The summed E-state index contributed by atoms with van der Waals surface area (Å²) in [7, 11) is 1.65. The van der Waals surface area contributed by atoms with E-state index in [0.717, 1.165) is 23.8 Å². The van der Waals surface area contributed by atoms with E-state index in [1.165, 1.54) is 25.7 Å². The van der Waals surface area contributed by atoms with E-state index in [0.29, 0.717) is 11.2 Å². The van der Waals surface area contributed by atoms with Gasteiger partial charge >= 0.3 is 0 Å².